The van der Waals surface area contributed by atoms with Crippen molar-refractivity contribution in [2.75, 3.05) is 37.0 Å². The number of aliphatic carboxylic acids is 1. The van der Waals surface area contributed by atoms with Gasteiger partial charge in [-0.3, -0.25) is 29.5 Å². The summed E-state index contributed by atoms with van der Waals surface area (Å²) in [6, 6.07) is 15.2. The Labute approximate surface area is 268 Å². The van der Waals surface area contributed by atoms with Gasteiger partial charge >= 0.3 is 12.1 Å². The minimum absolute atomic E-state index is 0.0347. The lowest BCUT2D eigenvalue weighted by molar-refractivity contribution is -0.144. The van der Waals surface area contributed by atoms with Crippen molar-refractivity contribution >= 4 is 52.8 Å². The first-order chi connectivity index (χ1) is 22.0. The van der Waals surface area contributed by atoms with Crippen LogP contribution in [0.1, 0.15) is 34.8 Å². The summed E-state index contributed by atoms with van der Waals surface area (Å²) >= 11 is 1.49. The molecule has 15 heteroatoms. The maximum atomic E-state index is 13.2. The summed E-state index contributed by atoms with van der Waals surface area (Å²) in [6.45, 7) is 2.65. The van der Waals surface area contributed by atoms with Crippen molar-refractivity contribution < 1.29 is 29.0 Å². The molecule has 242 valence electrons. The molecule has 0 aliphatic rings. The first kappa shape index (κ1) is 33.7. The van der Waals surface area contributed by atoms with Gasteiger partial charge < -0.3 is 24.6 Å². The van der Waals surface area contributed by atoms with Gasteiger partial charge in [-0.15, -0.1) is 0 Å². The van der Waals surface area contributed by atoms with Gasteiger partial charge in [0.05, 0.1) is 6.33 Å². The highest BCUT2D eigenvalue weighted by atomic mass is 32.2. The molecule has 3 amide bonds. The van der Waals surface area contributed by atoms with Gasteiger partial charge in [0.15, 0.2) is 17.3 Å². The zero-order valence-electron chi connectivity index (χ0n) is 25.6. The summed E-state index contributed by atoms with van der Waals surface area (Å²) in [6.07, 6.45) is 1.87. The molecule has 4 N–H and O–H groups in total. The lowest BCUT2D eigenvalue weighted by atomic mass is 9.99. The largest absolute Gasteiger partial charge is 0.480 e. The Hall–Kier alpha value is -5.18. The van der Waals surface area contributed by atoms with Gasteiger partial charge in [0.25, 0.3) is 5.56 Å². The standard InChI is InChI=1S/C31H35N7O7S/c1-19-4-8-21(9-5-19)27(22-10-6-20(2)7-11-22)45-31(44)32-13-14-37(17-25(41)42)24(40)16-38-18-33-26-28(38)35-30(36-29(26)43)34-23(39)12-15-46-3/h4-11,18,27H,12-17H2,1-3H3,(H,32,44)(H,41,42)(H2,34,35,36,39,43). The Balaban J connectivity index is 1.42. The van der Waals surface area contributed by atoms with Gasteiger partial charge in [-0.1, -0.05) is 59.7 Å². The number of carboxylic acid groups (broad SMARTS) is 1. The second kappa shape index (κ2) is 15.7. The second-order valence-corrected chi connectivity index (χ2v) is 11.5. The van der Waals surface area contributed by atoms with E-state index in [-0.39, 0.29) is 42.5 Å². The van der Waals surface area contributed by atoms with Gasteiger partial charge in [-0.2, -0.15) is 16.7 Å². The summed E-state index contributed by atoms with van der Waals surface area (Å²) in [7, 11) is 0. The average molecular weight is 650 g/mol. The maximum Gasteiger partial charge on any atom is 0.408 e. The minimum atomic E-state index is -1.25. The molecule has 0 spiro atoms. The molecule has 46 heavy (non-hydrogen) atoms. The molecule has 0 aliphatic carbocycles. The molecule has 0 atom stereocenters. The van der Waals surface area contributed by atoms with Crippen molar-refractivity contribution in [3.63, 3.8) is 0 Å². The van der Waals surface area contributed by atoms with E-state index in [0.29, 0.717) is 5.75 Å². The zero-order valence-corrected chi connectivity index (χ0v) is 26.4. The Morgan fingerprint density at radius 3 is 2.26 bits per heavy atom. The van der Waals surface area contributed by atoms with Crippen LogP contribution in [-0.4, -0.2) is 85.0 Å². The van der Waals surface area contributed by atoms with E-state index < -0.39 is 42.7 Å². The monoisotopic (exact) mass is 649 g/mol. The molecule has 2 heterocycles. The van der Waals surface area contributed by atoms with Crippen LogP contribution in [0.5, 0.6) is 0 Å². The fourth-order valence-electron chi connectivity index (χ4n) is 4.47. The molecule has 2 aromatic heterocycles. The van der Waals surface area contributed by atoms with Crippen molar-refractivity contribution in [2.45, 2.75) is 32.9 Å². The number of hydrogen-bond acceptors (Lipinski definition) is 9. The number of H-pyrrole nitrogens is 1. The van der Waals surface area contributed by atoms with Gasteiger partial charge in [0.1, 0.15) is 13.1 Å². The van der Waals surface area contributed by atoms with E-state index in [1.165, 1.54) is 22.7 Å². The van der Waals surface area contributed by atoms with E-state index in [4.69, 9.17) is 4.74 Å². The number of nitrogens with one attached hydrogen (secondary N) is 3. The fraction of sp³-hybridized carbons (Fsp3) is 0.323. The summed E-state index contributed by atoms with van der Waals surface area (Å²) < 4.78 is 7.06. The highest BCUT2D eigenvalue weighted by molar-refractivity contribution is 7.98. The van der Waals surface area contributed by atoms with Crippen LogP contribution in [0, 0.1) is 13.8 Å². The number of carboxylic acids is 1. The Morgan fingerprint density at radius 2 is 1.67 bits per heavy atom. The average Bonchev–Trinajstić information content (AvgIpc) is 3.42. The third-order valence-corrected chi connectivity index (χ3v) is 7.50. The van der Waals surface area contributed by atoms with E-state index in [1.54, 1.807) is 0 Å². The SMILES string of the molecule is CSCCC(=O)Nc1nc2c(ncn2CC(=O)N(CCNC(=O)OC(c2ccc(C)cc2)c2ccc(C)cc2)CC(=O)O)c(=O)[nH]1. The molecule has 0 saturated heterocycles. The topological polar surface area (TPSA) is 189 Å². The number of amides is 3. The highest BCUT2D eigenvalue weighted by Crippen LogP contribution is 2.27. The van der Waals surface area contributed by atoms with E-state index in [1.807, 2.05) is 68.6 Å². The Kier molecular flexibility index (Phi) is 11.5. The number of imidazole rings is 1. The molecular formula is C31H35N7O7S. The van der Waals surface area contributed by atoms with Crippen LogP contribution >= 0.6 is 11.8 Å². The van der Waals surface area contributed by atoms with E-state index in [9.17, 15) is 29.1 Å². The molecule has 14 nitrogen and oxygen atoms in total. The number of carbonyl (C=O) groups is 4. The number of thioether (sulfide) groups is 1. The van der Waals surface area contributed by atoms with E-state index in [0.717, 1.165) is 27.2 Å². The van der Waals surface area contributed by atoms with Crippen LogP contribution in [0.4, 0.5) is 10.7 Å². The fourth-order valence-corrected chi connectivity index (χ4v) is 4.86. The summed E-state index contributed by atoms with van der Waals surface area (Å²) in [5.41, 5.74) is 3.02. The predicted octanol–water partition coefficient (Wildman–Crippen LogP) is 2.86. The summed E-state index contributed by atoms with van der Waals surface area (Å²) in [4.78, 5) is 74.0. The lowest BCUT2D eigenvalue weighted by Crippen LogP contribution is -2.43. The van der Waals surface area contributed by atoms with Crippen molar-refractivity contribution in [1.82, 2.24) is 29.7 Å². The van der Waals surface area contributed by atoms with E-state index in [2.05, 4.69) is 25.6 Å². The summed E-state index contributed by atoms with van der Waals surface area (Å²) in [5.74, 6) is -1.74. The number of aromatic nitrogens is 4. The predicted molar refractivity (Wildman–Crippen MR) is 173 cm³/mol. The number of aromatic amines is 1. The van der Waals surface area contributed by atoms with Crippen molar-refractivity contribution in [1.29, 1.82) is 0 Å². The van der Waals surface area contributed by atoms with Crippen LogP contribution in [0.25, 0.3) is 11.2 Å². The molecular weight excluding hydrogens is 614 g/mol. The number of anilines is 1. The number of carbonyl (C=O) groups excluding carboxylic acids is 3. The molecule has 4 aromatic rings. The number of aryl methyl sites for hydroxylation is 2. The summed E-state index contributed by atoms with van der Waals surface area (Å²) in [5, 5.41) is 14.6. The van der Waals surface area contributed by atoms with E-state index >= 15 is 0 Å². The molecule has 0 bridgehead atoms. The number of hydrogen-bond donors (Lipinski definition) is 4. The maximum absolute atomic E-state index is 13.2. The number of ether oxygens (including phenoxy) is 1. The third-order valence-electron chi connectivity index (χ3n) is 6.89. The van der Waals surface area contributed by atoms with Crippen molar-refractivity contribution in [3.8, 4) is 0 Å². The molecule has 0 unspecified atom stereocenters. The van der Waals surface area contributed by atoms with Crippen LogP contribution < -0.4 is 16.2 Å². The smallest absolute Gasteiger partial charge is 0.408 e. The Bertz CT molecular complexity index is 1710. The molecule has 4 rings (SSSR count). The van der Waals surface area contributed by atoms with Crippen LogP contribution in [0.2, 0.25) is 0 Å². The van der Waals surface area contributed by atoms with Crippen molar-refractivity contribution in [3.05, 3.63) is 87.5 Å². The number of alkyl carbamates (subject to hydrolysis) is 1. The molecule has 2 aromatic carbocycles. The molecule has 0 saturated carbocycles. The third kappa shape index (κ3) is 9.17. The van der Waals surface area contributed by atoms with Gasteiger partial charge in [0, 0.05) is 25.3 Å². The minimum Gasteiger partial charge on any atom is -0.480 e. The van der Waals surface area contributed by atoms with Gasteiger partial charge in [0.2, 0.25) is 17.8 Å². The molecule has 0 fully saturated rings. The van der Waals surface area contributed by atoms with Gasteiger partial charge in [-0.05, 0) is 31.2 Å². The number of rotatable bonds is 14. The Morgan fingerprint density at radius 1 is 1.04 bits per heavy atom. The number of fused-ring (bicyclic) bond motifs is 1. The highest BCUT2D eigenvalue weighted by Gasteiger charge is 2.22. The second-order valence-electron chi connectivity index (χ2n) is 10.5. The first-order valence-electron chi connectivity index (χ1n) is 14.3. The zero-order chi connectivity index (χ0) is 33.2. The number of benzene rings is 2. The van der Waals surface area contributed by atoms with Crippen LogP contribution in [0.3, 0.4) is 0 Å². The lowest BCUT2D eigenvalue weighted by Gasteiger charge is -2.22. The van der Waals surface area contributed by atoms with Gasteiger partial charge in [-0.25, -0.2) is 9.78 Å². The van der Waals surface area contributed by atoms with Crippen LogP contribution in [-0.2, 0) is 25.7 Å². The normalized spacial score (nSPS) is 11.0. The first-order valence-corrected chi connectivity index (χ1v) is 15.7. The molecule has 0 aliphatic heterocycles. The van der Waals surface area contributed by atoms with Crippen molar-refractivity contribution in [2.24, 2.45) is 0 Å². The number of nitrogens with zero attached hydrogens (tertiary/aromatic N) is 4. The van der Waals surface area contributed by atoms with Crippen LogP contribution in [0.15, 0.2) is 59.7 Å². The molecule has 0 radical (unpaired) electrons. The quantitative estimate of drug-likeness (QED) is 0.158.